The molecule has 0 unspecified atom stereocenters. The smallest absolute Gasteiger partial charge is 0.340 e. The van der Waals surface area contributed by atoms with Gasteiger partial charge in [-0.05, 0) is 30.3 Å². The Labute approximate surface area is 118 Å². The molecule has 2 aromatic rings. The normalized spacial score (nSPS) is 10.0. The number of carbonyl (C=O) groups is 1. The van der Waals surface area contributed by atoms with E-state index >= 15 is 0 Å². The highest BCUT2D eigenvalue weighted by molar-refractivity contribution is 9.10. The number of rotatable bonds is 3. The minimum Gasteiger partial charge on any atom is -0.465 e. The second kappa shape index (κ2) is 5.71. The van der Waals surface area contributed by atoms with E-state index in [0.717, 1.165) is 10.2 Å². The largest absolute Gasteiger partial charge is 0.465 e. The number of pyridine rings is 1. The van der Waals surface area contributed by atoms with Crippen molar-refractivity contribution in [2.75, 3.05) is 18.2 Å². The van der Waals surface area contributed by atoms with Gasteiger partial charge in [0.1, 0.15) is 0 Å². The molecule has 1 aromatic heterocycles. The number of esters is 1. The number of aromatic nitrogens is 1. The number of methoxy groups -OCH3 is 1. The third-order valence-electron chi connectivity index (χ3n) is 2.50. The molecule has 0 spiro atoms. The van der Waals surface area contributed by atoms with E-state index in [1.54, 1.807) is 0 Å². The van der Waals surface area contributed by atoms with Crippen molar-refractivity contribution >= 4 is 39.1 Å². The van der Waals surface area contributed by atoms with Crippen LogP contribution in [0.1, 0.15) is 10.4 Å². The van der Waals surface area contributed by atoms with Crippen molar-refractivity contribution in [1.82, 2.24) is 4.98 Å². The molecule has 0 bridgehead atoms. The van der Waals surface area contributed by atoms with Crippen LogP contribution in [0.5, 0.6) is 0 Å². The van der Waals surface area contributed by atoms with E-state index in [2.05, 4.69) is 31.0 Å². The summed E-state index contributed by atoms with van der Waals surface area (Å²) in [5.74, 6) is -0.0658. The van der Waals surface area contributed by atoms with Crippen molar-refractivity contribution in [3.63, 3.8) is 0 Å². The van der Waals surface area contributed by atoms with Gasteiger partial charge in [0.15, 0.2) is 5.82 Å². The molecule has 1 heterocycles. The van der Waals surface area contributed by atoms with Crippen LogP contribution in [0.2, 0.25) is 0 Å². The standard InChI is InChI=1S/C13H12BrN3O2/c1-19-13(18)10-6-7-16-12(11(10)15)17-9-4-2-8(14)3-5-9/h2-7H,15H2,1H3,(H,16,17). The molecule has 19 heavy (non-hydrogen) atoms. The van der Waals surface area contributed by atoms with E-state index in [1.165, 1.54) is 19.4 Å². The van der Waals surface area contributed by atoms with Gasteiger partial charge in [-0.25, -0.2) is 9.78 Å². The molecule has 0 radical (unpaired) electrons. The summed E-state index contributed by atoms with van der Waals surface area (Å²) in [6.07, 6.45) is 1.50. The summed E-state index contributed by atoms with van der Waals surface area (Å²) in [5.41, 5.74) is 7.28. The van der Waals surface area contributed by atoms with Crippen LogP contribution in [-0.2, 0) is 4.74 Å². The Morgan fingerprint density at radius 3 is 2.63 bits per heavy atom. The average Bonchev–Trinajstić information content (AvgIpc) is 2.43. The van der Waals surface area contributed by atoms with Crippen molar-refractivity contribution in [1.29, 1.82) is 0 Å². The number of anilines is 3. The number of nitrogens with zero attached hydrogens (tertiary/aromatic N) is 1. The van der Waals surface area contributed by atoms with Gasteiger partial charge in [-0.3, -0.25) is 0 Å². The second-order valence-corrected chi connectivity index (χ2v) is 4.66. The van der Waals surface area contributed by atoms with Crippen LogP contribution in [0.25, 0.3) is 0 Å². The Hall–Kier alpha value is -2.08. The number of benzene rings is 1. The van der Waals surface area contributed by atoms with Gasteiger partial charge in [-0.15, -0.1) is 0 Å². The van der Waals surface area contributed by atoms with E-state index in [9.17, 15) is 4.79 Å². The van der Waals surface area contributed by atoms with Gasteiger partial charge in [0.05, 0.1) is 18.4 Å². The lowest BCUT2D eigenvalue weighted by molar-refractivity contribution is 0.0602. The van der Waals surface area contributed by atoms with Gasteiger partial charge in [0.2, 0.25) is 0 Å². The lowest BCUT2D eigenvalue weighted by Crippen LogP contribution is -2.08. The summed E-state index contributed by atoms with van der Waals surface area (Å²) in [6, 6.07) is 9.05. The summed E-state index contributed by atoms with van der Waals surface area (Å²) in [7, 11) is 1.31. The monoisotopic (exact) mass is 321 g/mol. The fraction of sp³-hybridized carbons (Fsp3) is 0.0769. The number of nitrogens with two attached hydrogens (primary N) is 1. The number of hydrogen-bond acceptors (Lipinski definition) is 5. The Morgan fingerprint density at radius 1 is 1.32 bits per heavy atom. The SMILES string of the molecule is COC(=O)c1ccnc(Nc2ccc(Br)cc2)c1N. The molecular formula is C13H12BrN3O2. The Bertz CT molecular complexity index is 599. The lowest BCUT2D eigenvalue weighted by Gasteiger charge is -2.10. The maximum atomic E-state index is 11.5. The highest BCUT2D eigenvalue weighted by atomic mass is 79.9. The Balaban J connectivity index is 2.30. The predicted molar refractivity (Wildman–Crippen MR) is 77.4 cm³/mol. The fourth-order valence-corrected chi connectivity index (χ4v) is 1.80. The van der Waals surface area contributed by atoms with Crippen LogP contribution >= 0.6 is 15.9 Å². The van der Waals surface area contributed by atoms with Gasteiger partial charge in [0, 0.05) is 16.4 Å². The van der Waals surface area contributed by atoms with E-state index in [-0.39, 0.29) is 11.3 Å². The number of nitrogens with one attached hydrogen (secondary N) is 1. The molecule has 5 nitrogen and oxygen atoms in total. The molecule has 3 N–H and O–H groups in total. The average molecular weight is 322 g/mol. The summed E-state index contributed by atoms with van der Waals surface area (Å²) < 4.78 is 5.63. The van der Waals surface area contributed by atoms with Gasteiger partial charge >= 0.3 is 5.97 Å². The molecule has 0 saturated carbocycles. The summed E-state index contributed by atoms with van der Waals surface area (Å²) in [4.78, 5) is 15.6. The zero-order chi connectivity index (χ0) is 13.8. The maximum absolute atomic E-state index is 11.5. The molecular weight excluding hydrogens is 310 g/mol. The van der Waals surface area contributed by atoms with Crippen molar-refractivity contribution in [2.24, 2.45) is 0 Å². The third kappa shape index (κ3) is 3.03. The van der Waals surface area contributed by atoms with E-state index in [0.29, 0.717) is 5.82 Å². The van der Waals surface area contributed by atoms with Crippen molar-refractivity contribution < 1.29 is 9.53 Å². The van der Waals surface area contributed by atoms with Crippen molar-refractivity contribution in [3.8, 4) is 0 Å². The Kier molecular flexibility index (Phi) is 4.01. The quantitative estimate of drug-likeness (QED) is 0.850. The third-order valence-corrected chi connectivity index (χ3v) is 3.03. The van der Waals surface area contributed by atoms with Crippen LogP contribution in [0.4, 0.5) is 17.2 Å². The highest BCUT2D eigenvalue weighted by Crippen LogP contribution is 2.25. The van der Waals surface area contributed by atoms with E-state index in [4.69, 9.17) is 5.73 Å². The number of carbonyl (C=O) groups excluding carboxylic acids is 1. The Morgan fingerprint density at radius 2 is 2.00 bits per heavy atom. The number of hydrogen-bond donors (Lipinski definition) is 2. The molecule has 0 saturated heterocycles. The van der Waals surface area contributed by atoms with Crippen LogP contribution in [0.15, 0.2) is 41.0 Å². The van der Waals surface area contributed by atoms with Crippen LogP contribution in [-0.4, -0.2) is 18.1 Å². The van der Waals surface area contributed by atoms with E-state index in [1.807, 2.05) is 24.3 Å². The molecule has 0 fully saturated rings. The van der Waals surface area contributed by atoms with Gasteiger partial charge < -0.3 is 15.8 Å². The fourth-order valence-electron chi connectivity index (χ4n) is 1.53. The second-order valence-electron chi connectivity index (χ2n) is 3.74. The van der Waals surface area contributed by atoms with Crippen LogP contribution < -0.4 is 11.1 Å². The van der Waals surface area contributed by atoms with Crippen LogP contribution in [0, 0.1) is 0 Å². The molecule has 0 aliphatic rings. The molecule has 2 rings (SSSR count). The number of nitrogen functional groups attached to an aromatic ring is 1. The van der Waals surface area contributed by atoms with Crippen molar-refractivity contribution in [2.45, 2.75) is 0 Å². The first-order chi connectivity index (χ1) is 9.11. The first-order valence-corrected chi connectivity index (χ1v) is 6.26. The molecule has 98 valence electrons. The minimum absolute atomic E-state index is 0.261. The minimum atomic E-state index is -0.487. The molecule has 0 aliphatic heterocycles. The summed E-state index contributed by atoms with van der Waals surface area (Å²) >= 11 is 3.36. The van der Waals surface area contributed by atoms with Gasteiger partial charge in [-0.2, -0.15) is 0 Å². The summed E-state index contributed by atoms with van der Waals surface area (Å²) in [6.45, 7) is 0. The first-order valence-electron chi connectivity index (χ1n) is 5.47. The zero-order valence-electron chi connectivity index (χ0n) is 10.2. The number of halogens is 1. The summed E-state index contributed by atoms with van der Waals surface area (Å²) in [5, 5.41) is 3.05. The zero-order valence-corrected chi connectivity index (χ0v) is 11.8. The van der Waals surface area contributed by atoms with Crippen molar-refractivity contribution in [3.05, 3.63) is 46.6 Å². The van der Waals surface area contributed by atoms with Crippen LogP contribution in [0.3, 0.4) is 0 Å². The van der Waals surface area contributed by atoms with Gasteiger partial charge in [0.25, 0.3) is 0 Å². The molecule has 0 atom stereocenters. The topological polar surface area (TPSA) is 77.2 Å². The van der Waals surface area contributed by atoms with Gasteiger partial charge in [-0.1, -0.05) is 15.9 Å². The molecule has 1 aromatic carbocycles. The maximum Gasteiger partial charge on any atom is 0.340 e. The number of ether oxygens (including phenoxy) is 1. The highest BCUT2D eigenvalue weighted by Gasteiger charge is 2.13. The molecule has 0 amide bonds. The predicted octanol–water partition coefficient (Wildman–Crippen LogP) is 2.96. The van der Waals surface area contributed by atoms with E-state index < -0.39 is 5.97 Å². The molecule has 0 aliphatic carbocycles. The first kappa shape index (κ1) is 13.4. The lowest BCUT2D eigenvalue weighted by atomic mass is 10.2. The molecule has 6 heteroatoms.